The molecule has 1 aliphatic carbocycles. The topological polar surface area (TPSA) is 102 Å². The van der Waals surface area contributed by atoms with Crippen molar-refractivity contribution in [3.63, 3.8) is 0 Å². The molecule has 10 nitrogen and oxygen atoms in total. The molecular formula is C33H40F3N7O3. The van der Waals surface area contributed by atoms with Crippen molar-refractivity contribution in [3.05, 3.63) is 66.0 Å². The van der Waals surface area contributed by atoms with Gasteiger partial charge in [0.2, 0.25) is 6.10 Å². The number of likely N-dealkylation sites (tertiary alicyclic amines) is 1. The number of anilines is 2. The Balaban J connectivity index is 1.04. The summed E-state index contributed by atoms with van der Waals surface area (Å²) in [5.41, 5.74) is 0.375. The lowest BCUT2D eigenvalue weighted by molar-refractivity contribution is -0.122. The highest BCUT2D eigenvalue weighted by atomic mass is 19.4. The highest BCUT2D eigenvalue weighted by molar-refractivity contribution is 5.97. The van der Waals surface area contributed by atoms with Gasteiger partial charge in [0.15, 0.2) is 0 Å². The quantitative estimate of drug-likeness (QED) is 0.463. The Labute approximate surface area is 266 Å². The van der Waals surface area contributed by atoms with Gasteiger partial charge in [0, 0.05) is 45.3 Å². The summed E-state index contributed by atoms with van der Waals surface area (Å²) >= 11 is 0. The zero-order valence-electron chi connectivity index (χ0n) is 25.7. The molecule has 3 fully saturated rings. The first-order valence-electron chi connectivity index (χ1n) is 16.1. The molecule has 13 heteroatoms. The maximum Gasteiger partial charge on any atom is 0.433 e. The summed E-state index contributed by atoms with van der Waals surface area (Å²) in [6, 6.07) is 13.5. The van der Waals surface area contributed by atoms with E-state index >= 15 is 0 Å². The molecule has 2 aromatic rings. The number of alkyl halides is 3. The monoisotopic (exact) mass is 639 g/mol. The number of amides is 3. The van der Waals surface area contributed by atoms with Crippen LogP contribution in [-0.2, 0) is 9.53 Å². The fourth-order valence-corrected chi connectivity index (χ4v) is 6.57. The van der Waals surface area contributed by atoms with Crippen molar-refractivity contribution in [2.45, 2.75) is 69.2 Å². The number of aromatic nitrogens is 1. The van der Waals surface area contributed by atoms with E-state index in [-0.39, 0.29) is 18.1 Å². The maximum absolute atomic E-state index is 13.8. The van der Waals surface area contributed by atoms with Crippen LogP contribution in [0.15, 0.2) is 65.4 Å². The van der Waals surface area contributed by atoms with E-state index in [2.05, 4.69) is 37.6 Å². The van der Waals surface area contributed by atoms with E-state index in [1.54, 1.807) is 17.0 Å². The lowest BCUT2D eigenvalue weighted by Crippen LogP contribution is -2.45. The largest absolute Gasteiger partial charge is 0.447 e. The molecule has 1 unspecified atom stereocenters. The standard InChI is InChI=1S/C33H40F3N7O3/c34-33(35,36)28-21-27(46-32(40-28)43-17-13-24(14-18-43)23-7-2-1-3-8-23)30(44)38-26-11-12-29(37-22-26)41-15-6-16-42(20-19-41)31(45)39-25-9-4-5-10-25/h1-3,7-8,11-12,21-22,24-25,27H,4-6,9-10,13-20H2,(H,38,44)(H,39,45). The summed E-state index contributed by atoms with van der Waals surface area (Å²) in [5, 5.41) is 5.79. The van der Waals surface area contributed by atoms with Crippen molar-refractivity contribution in [2.24, 2.45) is 4.99 Å². The number of nitrogens with one attached hydrogen (secondary N) is 2. The Morgan fingerprint density at radius 1 is 0.848 bits per heavy atom. The van der Waals surface area contributed by atoms with E-state index in [9.17, 15) is 22.8 Å². The molecular weight excluding hydrogens is 599 g/mol. The molecule has 2 saturated heterocycles. The molecule has 1 saturated carbocycles. The fourth-order valence-electron chi connectivity index (χ4n) is 6.57. The van der Waals surface area contributed by atoms with Crippen molar-refractivity contribution in [1.29, 1.82) is 0 Å². The van der Waals surface area contributed by atoms with Crippen LogP contribution in [0.25, 0.3) is 0 Å². The van der Waals surface area contributed by atoms with Crippen molar-refractivity contribution in [2.75, 3.05) is 49.5 Å². The first-order valence-corrected chi connectivity index (χ1v) is 16.1. The van der Waals surface area contributed by atoms with Crippen LogP contribution < -0.4 is 15.5 Å². The predicted molar refractivity (Wildman–Crippen MR) is 168 cm³/mol. The second kappa shape index (κ2) is 14.0. The third-order valence-electron chi connectivity index (χ3n) is 9.15. The SMILES string of the molecule is O=C(Nc1ccc(N2CCCN(C(=O)NC3CCCC3)CC2)nc1)C1C=C(C(F)(F)F)N=C(N2CCC(c3ccccc3)CC2)O1. The number of carbonyl (C=O) groups is 2. The minimum Gasteiger partial charge on any atom is -0.447 e. The number of aliphatic imine (C=N–C) groups is 1. The van der Waals surface area contributed by atoms with E-state index < -0.39 is 23.9 Å². The minimum absolute atomic E-state index is 0.0164. The number of benzene rings is 1. The zero-order valence-corrected chi connectivity index (χ0v) is 25.7. The van der Waals surface area contributed by atoms with E-state index in [1.165, 1.54) is 11.8 Å². The molecule has 1 aromatic carbocycles. The number of amidine groups is 1. The van der Waals surface area contributed by atoms with Gasteiger partial charge >= 0.3 is 12.2 Å². The molecule has 0 spiro atoms. The average molecular weight is 640 g/mol. The van der Waals surface area contributed by atoms with Crippen molar-refractivity contribution < 1.29 is 27.5 Å². The molecule has 4 aliphatic rings. The maximum atomic E-state index is 13.8. The number of rotatable bonds is 5. The van der Waals surface area contributed by atoms with Crippen LogP contribution >= 0.6 is 0 Å². The molecule has 3 amide bonds. The molecule has 246 valence electrons. The number of piperidine rings is 1. The van der Waals surface area contributed by atoms with Crippen LogP contribution in [0.2, 0.25) is 0 Å². The number of carbonyl (C=O) groups excluding carboxylic acids is 2. The van der Waals surface area contributed by atoms with Gasteiger partial charge in [-0.3, -0.25) is 4.79 Å². The molecule has 1 atom stereocenters. The van der Waals surface area contributed by atoms with Crippen molar-refractivity contribution >= 4 is 29.5 Å². The Morgan fingerprint density at radius 3 is 2.30 bits per heavy atom. The highest BCUT2D eigenvalue weighted by Gasteiger charge is 2.40. The second-order valence-corrected chi connectivity index (χ2v) is 12.3. The van der Waals surface area contributed by atoms with Gasteiger partial charge in [-0.25, -0.2) is 9.78 Å². The summed E-state index contributed by atoms with van der Waals surface area (Å²) in [6.07, 6.45) is 2.58. The fraction of sp³-hybridized carbons (Fsp3) is 0.515. The first-order chi connectivity index (χ1) is 22.2. The number of pyridine rings is 1. The van der Waals surface area contributed by atoms with E-state index in [0.717, 1.165) is 51.5 Å². The number of allylic oxidation sites excluding steroid dienone is 1. The lowest BCUT2D eigenvalue weighted by atomic mass is 9.90. The molecule has 4 heterocycles. The lowest BCUT2D eigenvalue weighted by Gasteiger charge is -2.35. The van der Waals surface area contributed by atoms with Gasteiger partial charge in [0.1, 0.15) is 11.5 Å². The van der Waals surface area contributed by atoms with Gasteiger partial charge in [0.25, 0.3) is 11.9 Å². The molecule has 46 heavy (non-hydrogen) atoms. The molecule has 0 bridgehead atoms. The summed E-state index contributed by atoms with van der Waals surface area (Å²) in [6.45, 7) is 3.49. The molecule has 0 radical (unpaired) electrons. The Bertz CT molecular complexity index is 1420. The Morgan fingerprint density at radius 2 is 1.61 bits per heavy atom. The van der Waals surface area contributed by atoms with Crippen molar-refractivity contribution in [3.8, 4) is 0 Å². The van der Waals surface area contributed by atoms with Gasteiger partial charge in [0.05, 0.1) is 11.9 Å². The molecule has 6 rings (SSSR count). The van der Waals surface area contributed by atoms with Gasteiger partial charge < -0.3 is 30.1 Å². The summed E-state index contributed by atoms with van der Waals surface area (Å²) in [7, 11) is 0. The van der Waals surface area contributed by atoms with Crippen LogP contribution in [0.3, 0.4) is 0 Å². The van der Waals surface area contributed by atoms with Crippen LogP contribution in [0, 0.1) is 0 Å². The number of urea groups is 1. The Hall–Kier alpha value is -4.29. The second-order valence-electron chi connectivity index (χ2n) is 12.3. The highest BCUT2D eigenvalue weighted by Crippen LogP contribution is 2.33. The van der Waals surface area contributed by atoms with Gasteiger partial charge in [-0.15, -0.1) is 0 Å². The molecule has 1 aromatic heterocycles. The van der Waals surface area contributed by atoms with Gasteiger partial charge in [-0.1, -0.05) is 43.2 Å². The third-order valence-corrected chi connectivity index (χ3v) is 9.15. The number of halogens is 3. The molecule has 2 N–H and O–H groups in total. The van der Waals surface area contributed by atoms with Crippen molar-refractivity contribution in [1.82, 2.24) is 20.1 Å². The third kappa shape index (κ3) is 7.73. The normalized spacial score (nSPS) is 21.6. The van der Waals surface area contributed by atoms with Crippen LogP contribution in [0.5, 0.6) is 0 Å². The van der Waals surface area contributed by atoms with Crippen LogP contribution in [-0.4, -0.2) is 90.3 Å². The summed E-state index contributed by atoms with van der Waals surface area (Å²) < 4.78 is 47.2. The van der Waals surface area contributed by atoms with E-state index in [0.29, 0.717) is 56.2 Å². The molecule has 3 aliphatic heterocycles. The first kappa shape index (κ1) is 31.7. The Kier molecular flexibility index (Phi) is 9.64. The summed E-state index contributed by atoms with van der Waals surface area (Å²) in [4.78, 5) is 39.8. The van der Waals surface area contributed by atoms with Gasteiger partial charge in [-0.05, 0) is 61.8 Å². The number of ether oxygens (including phenoxy) is 1. The smallest absolute Gasteiger partial charge is 0.433 e. The minimum atomic E-state index is -4.74. The summed E-state index contributed by atoms with van der Waals surface area (Å²) in [5.74, 6) is 0.238. The number of hydrogen-bond acceptors (Lipinski definition) is 7. The van der Waals surface area contributed by atoms with Gasteiger partial charge in [-0.2, -0.15) is 18.2 Å². The van der Waals surface area contributed by atoms with E-state index in [1.807, 2.05) is 23.1 Å². The zero-order chi connectivity index (χ0) is 32.1. The number of nitrogens with zero attached hydrogens (tertiary/aromatic N) is 5. The average Bonchev–Trinajstić information content (AvgIpc) is 3.46. The van der Waals surface area contributed by atoms with Crippen LogP contribution in [0.1, 0.15) is 56.4 Å². The van der Waals surface area contributed by atoms with Crippen LogP contribution in [0.4, 0.5) is 29.5 Å². The van der Waals surface area contributed by atoms with E-state index in [4.69, 9.17) is 4.74 Å². The number of hydrogen-bond donors (Lipinski definition) is 2. The predicted octanol–water partition coefficient (Wildman–Crippen LogP) is 5.27.